The van der Waals surface area contributed by atoms with Gasteiger partial charge in [0.1, 0.15) is 5.75 Å². The van der Waals surface area contributed by atoms with Crippen LogP contribution in [-0.4, -0.2) is 29.0 Å². The molecule has 1 aliphatic rings. The first-order valence-corrected chi connectivity index (χ1v) is 6.99. The minimum absolute atomic E-state index is 0.124. The number of primary amides is 1. The van der Waals surface area contributed by atoms with Crippen LogP contribution >= 0.6 is 11.6 Å². The van der Waals surface area contributed by atoms with Gasteiger partial charge in [-0.2, -0.15) is 0 Å². The van der Waals surface area contributed by atoms with Gasteiger partial charge in [-0.05, 0) is 18.2 Å². The van der Waals surface area contributed by atoms with E-state index in [1.165, 1.54) is 0 Å². The Bertz CT molecular complexity index is 671. The summed E-state index contributed by atoms with van der Waals surface area (Å²) < 4.78 is 5.49. The summed E-state index contributed by atoms with van der Waals surface area (Å²) in [7, 11) is 0. The molecule has 0 spiro atoms. The normalized spacial score (nSPS) is 17.3. The van der Waals surface area contributed by atoms with Crippen molar-refractivity contribution in [3.63, 3.8) is 0 Å². The summed E-state index contributed by atoms with van der Waals surface area (Å²) in [5.41, 5.74) is 8.00. The highest BCUT2D eigenvalue weighted by atomic mass is 35.5. The van der Waals surface area contributed by atoms with Gasteiger partial charge in [-0.1, -0.05) is 11.6 Å². The molecule has 4 N–H and O–H groups in total. The van der Waals surface area contributed by atoms with E-state index >= 15 is 0 Å². The SMILES string of the molecule is NC(=O)COc1ccc(Cl)cc1C1NCCc2[nH]cnc21. The van der Waals surface area contributed by atoms with Gasteiger partial charge in [0.05, 0.1) is 18.1 Å². The molecule has 0 saturated heterocycles. The predicted molar refractivity (Wildman–Crippen MR) is 78.3 cm³/mol. The molecular weight excluding hydrogens is 292 g/mol. The lowest BCUT2D eigenvalue weighted by Gasteiger charge is -2.25. The molecule has 1 unspecified atom stereocenters. The fourth-order valence-electron chi connectivity index (χ4n) is 2.50. The second-order valence-corrected chi connectivity index (χ2v) is 5.28. The molecule has 0 aliphatic carbocycles. The van der Waals surface area contributed by atoms with Crippen molar-refractivity contribution in [1.82, 2.24) is 15.3 Å². The molecule has 1 aromatic heterocycles. The number of nitrogens with one attached hydrogen (secondary N) is 2. The van der Waals surface area contributed by atoms with E-state index in [-0.39, 0.29) is 12.6 Å². The first kappa shape index (κ1) is 13.9. The van der Waals surface area contributed by atoms with Gasteiger partial charge in [-0.3, -0.25) is 4.79 Å². The number of amides is 1. The molecule has 21 heavy (non-hydrogen) atoms. The average molecular weight is 307 g/mol. The van der Waals surface area contributed by atoms with Gasteiger partial charge in [-0.25, -0.2) is 4.98 Å². The maximum Gasteiger partial charge on any atom is 0.255 e. The number of imidazole rings is 1. The van der Waals surface area contributed by atoms with Gasteiger partial charge in [0.25, 0.3) is 5.91 Å². The highest BCUT2D eigenvalue weighted by Gasteiger charge is 2.26. The quantitative estimate of drug-likeness (QED) is 0.790. The van der Waals surface area contributed by atoms with Crippen molar-refractivity contribution in [2.75, 3.05) is 13.2 Å². The van der Waals surface area contributed by atoms with Crippen LogP contribution in [0.4, 0.5) is 0 Å². The van der Waals surface area contributed by atoms with Crippen molar-refractivity contribution < 1.29 is 9.53 Å². The molecule has 0 saturated carbocycles. The van der Waals surface area contributed by atoms with Crippen LogP contribution in [0.15, 0.2) is 24.5 Å². The smallest absolute Gasteiger partial charge is 0.255 e. The Morgan fingerprint density at radius 2 is 2.38 bits per heavy atom. The topological polar surface area (TPSA) is 93.0 Å². The number of aromatic nitrogens is 2. The molecule has 6 nitrogen and oxygen atoms in total. The Kier molecular flexibility index (Phi) is 3.81. The van der Waals surface area contributed by atoms with E-state index in [0.29, 0.717) is 10.8 Å². The van der Waals surface area contributed by atoms with Crippen LogP contribution in [0, 0.1) is 0 Å². The van der Waals surface area contributed by atoms with E-state index in [9.17, 15) is 4.79 Å². The molecule has 2 aromatic rings. The fraction of sp³-hybridized carbons (Fsp3) is 0.286. The number of hydrogen-bond donors (Lipinski definition) is 3. The lowest BCUT2D eigenvalue weighted by molar-refractivity contribution is -0.119. The van der Waals surface area contributed by atoms with Crippen molar-refractivity contribution in [2.24, 2.45) is 5.73 Å². The minimum Gasteiger partial charge on any atom is -0.483 e. The van der Waals surface area contributed by atoms with Crippen molar-refractivity contribution in [1.29, 1.82) is 0 Å². The van der Waals surface area contributed by atoms with E-state index in [0.717, 1.165) is 29.9 Å². The number of carbonyl (C=O) groups is 1. The Balaban J connectivity index is 1.98. The number of nitrogens with two attached hydrogens (primary N) is 1. The molecule has 1 aliphatic heterocycles. The van der Waals surface area contributed by atoms with Crippen LogP contribution in [0.2, 0.25) is 5.02 Å². The van der Waals surface area contributed by atoms with E-state index in [1.807, 2.05) is 6.07 Å². The summed E-state index contributed by atoms with van der Waals surface area (Å²) >= 11 is 6.10. The zero-order valence-corrected chi connectivity index (χ0v) is 12.0. The second kappa shape index (κ2) is 5.75. The largest absolute Gasteiger partial charge is 0.483 e. The molecule has 0 radical (unpaired) electrons. The predicted octanol–water partition coefficient (Wildman–Crippen LogP) is 1.16. The van der Waals surface area contributed by atoms with Gasteiger partial charge in [0.15, 0.2) is 6.61 Å². The number of nitrogens with zero attached hydrogens (tertiary/aromatic N) is 1. The molecule has 1 aromatic carbocycles. The summed E-state index contributed by atoms with van der Waals surface area (Å²) in [6.07, 6.45) is 2.57. The zero-order chi connectivity index (χ0) is 14.8. The average Bonchev–Trinajstić information content (AvgIpc) is 2.94. The lowest BCUT2D eigenvalue weighted by Crippen LogP contribution is -2.31. The Labute approximate surface area is 126 Å². The number of H-pyrrole nitrogens is 1. The second-order valence-electron chi connectivity index (χ2n) is 4.84. The first-order chi connectivity index (χ1) is 10.1. The number of aromatic amines is 1. The summed E-state index contributed by atoms with van der Waals surface area (Å²) in [4.78, 5) is 18.4. The molecule has 0 fully saturated rings. The number of carbonyl (C=O) groups excluding carboxylic acids is 1. The summed E-state index contributed by atoms with van der Waals surface area (Å²) in [6, 6.07) is 5.15. The maximum absolute atomic E-state index is 10.9. The molecule has 1 atom stereocenters. The molecule has 1 amide bonds. The number of fused-ring (bicyclic) bond motifs is 1. The lowest BCUT2D eigenvalue weighted by atomic mass is 9.97. The van der Waals surface area contributed by atoms with Crippen molar-refractivity contribution in [2.45, 2.75) is 12.5 Å². The van der Waals surface area contributed by atoms with Crippen LogP contribution in [0.3, 0.4) is 0 Å². The van der Waals surface area contributed by atoms with E-state index in [4.69, 9.17) is 22.1 Å². The third-order valence-corrected chi connectivity index (χ3v) is 3.64. The Hall–Kier alpha value is -2.05. The highest BCUT2D eigenvalue weighted by Crippen LogP contribution is 2.34. The van der Waals surface area contributed by atoms with Crippen LogP contribution in [-0.2, 0) is 11.2 Å². The van der Waals surface area contributed by atoms with Crippen molar-refractivity contribution in [3.05, 3.63) is 46.5 Å². The molecule has 7 heteroatoms. The molecule has 2 heterocycles. The van der Waals surface area contributed by atoms with Crippen molar-refractivity contribution >= 4 is 17.5 Å². The van der Waals surface area contributed by atoms with Crippen LogP contribution in [0.5, 0.6) is 5.75 Å². The zero-order valence-electron chi connectivity index (χ0n) is 11.2. The van der Waals surface area contributed by atoms with Crippen LogP contribution in [0.25, 0.3) is 0 Å². The van der Waals surface area contributed by atoms with Crippen LogP contribution in [0.1, 0.15) is 23.0 Å². The number of hydrogen-bond acceptors (Lipinski definition) is 4. The summed E-state index contributed by atoms with van der Waals surface area (Å²) in [5, 5.41) is 3.99. The van der Waals surface area contributed by atoms with Crippen molar-refractivity contribution in [3.8, 4) is 5.75 Å². The fourth-order valence-corrected chi connectivity index (χ4v) is 2.68. The number of ether oxygens (including phenoxy) is 1. The third kappa shape index (κ3) is 2.86. The van der Waals surface area contributed by atoms with E-state index in [2.05, 4.69) is 15.3 Å². The van der Waals surface area contributed by atoms with E-state index in [1.54, 1.807) is 18.5 Å². The summed E-state index contributed by atoms with van der Waals surface area (Å²) in [6.45, 7) is 0.649. The van der Waals surface area contributed by atoms with Gasteiger partial charge in [0, 0.05) is 29.2 Å². The maximum atomic E-state index is 10.9. The van der Waals surface area contributed by atoms with E-state index < -0.39 is 5.91 Å². The van der Waals surface area contributed by atoms with Gasteiger partial charge >= 0.3 is 0 Å². The third-order valence-electron chi connectivity index (χ3n) is 3.40. The van der Waals surface area contributed by atoms with Gasteiger partial charge in [-0.15, -0.1) is 0 Å². The monoisotopic (exact) mass is 306 g/mol. The molecule has 110 valence electrons. The van der Waals surface area contributed by atoms with Gasteiger partial charge < -0.3 is 20.8 Å². The van der Waals surface area contributed by atoms with Crippen LogP contribution < -0.4 is 15.8 Å². The number of benzene rings is 1. The Morgan fingerprint density at radius 1 is 1.52 bits per heavy atom. The highest BCUT2D eigenvalue weighted by molar-refractivity contribution is 6.30. The molecule has 3 rings (SSSR count). The van der Waals surface area contributed by atoms with Gasteiger partial charge in [0.2, 0.25) is 0 Å². The number of rotatable bonds is 4. The molecule has 0 bridgehead atoms. The standard InChI is InChI=1S/C14H15ClN4O2/c15-8-1-2-11(21-6-12(16)20)9(5-8)13-14-10(3-4-17-13)18-7-19-14/h1-2,5,7,13,17H,3-4,6H2,(H2,16,20)(H,18,19). The molecular formula is C14H15ClN4O2. The number of halogens is 1. The Morgan fingerprint density at radius 3 is 3.19 bits per heavy atom. The minimum atomic E-state index is -0.520. The summed E-state index contributed by atoms with van der Waals surface area (Å²) in [5.74, 6) is 0.0551. The first-order valence-electron chi connectivity index (χ1n) is 6.61.